The van der Waals surface area contributed by atoms with Crippen LogP contribution in [-0.2, 0) is 9.63 Å². The fraction of sp³-hybridized carbons (Fsp3) is 0.273. The Morgan fingerprint density at radius 2 is 1.55 bits per heavy atom. The fourth-order valence-corrected chi connectivity index (χ4v) is 3.30. The number of nitrogens with zero attached hydrogens (tertiary/aromatic N) is 1. The molecule has 2 N–H and O–H groups in total. The van der Waals surface area contributed by atoms with Crippen molar-refractivity contribution >= 4 is 23.2 Å². The molecule has 1 aliphatic rings. The summed E-state index contributed by atoms with van der Waals surface area (Å²) in [6.45, 7) is 3.69. The molecule has 0 amide bonds. The quantitative estimate of drug-likeness (QED) is 0.285. The van der Waals surface area contributed by atoms with Gasteiger partial charge in [0.1, 0.15) is 11.5 Å². The summed E-state index contributed by atoms with van der Waals surface area (Å²) in [6.07, 6.45) is 1.72. The highest BCUT2D eigenvalue weighted by molar-refractivity contribution is 6.31. The predicted octanol–water partition coefficient (Wildman–Crippen LogP) is 3.72. The van der Waals surface area contributed by atoms with E-state index in [-0.39, 0.29) is 39.9 Å². The number of carbonyl (C=O) groups excluding carboxylic acids is 3. The minimum Gasteiger partial charge on any atom is -0.507 e. The third-order valence-corrected chi connectivity index (χ3v) is 4.66. The highest BCUT2D eigenvalue weighted by Gasteiger charge is 2.36. The monoisotopic (exact) mass is 395 g/mol. The lowest BCUT2D eigenvalue weighted by Crippen LogP contribution is -2.22. The molecule has 29 heavy (non-hydrogen) atoms. The van der Waals surface area contributed by atoms with Gasteiger partial charge in [-0.15, -0.1) is 0 Å². The molecule has 2 aromatic rings. The Morgan fingerprint density at radius 3 is 2.14 bits per heavy atom. The van der Waals surface area contributed by atoms with E-state index in [9.17, 15) is 24.6 Å². The Hall–Kier alpha value is -3.48. The number of oxime groups is 1. The highest BCUT2D eigenvalue weighted by atomic mass is 16.7. The van der Waals surface area contributed by atoms with Crippen molar-refractivity contribution < 1.29 is 29.4 Å². The molecule has 0 fully saturated rings. The van der Waals surface area contributed by atoms with Crippen LogP contribution in [0.25, 0.3) is 0 Å². The molecule has 1 aliphatic carbocycles. The third kappa shape index (κ3) is 3.63. The molecule has 150 valence electrons. The number of aromatic hydroxyl groups is 2. The average Bonchev–Trinajstić information content (AvgIpc) is 2.71. The van der Waals surface area contributed by atoms with Crippen LogP contribution in [0.5, 0.6) is 11.5 Å². The van der Waals surface area contributed by atoms with E-state index in [0.717, 1.165) is 0 Å². The molecule has 2 aromatic carbocycles. The Balaban J connectivity index is 2.14. The van der Waals surface area contributed by atoms with Crippen LogP contribution in [0.4, 0.5) is 0 Å². The first-order valence-electron chi connectivity index (χ1n) is 9.45. The van der Waals surface area contributed by atoms with E-state index >= 15 is 0 Å². The third-order valence-electron chi connectivity index (χ3n) is 4.66. The van der Waals surface area contributed by atoms with E-state index in [0.29, 0.717) is 19.3 Å². The van der Waals surface area contributed by atoms with Gasteiger partial charge in [0.2, 0.25) is 0 Å². The van der Waals surface area contributed by atoms with Gasteiger partial charge in [0.15, 0.2) is 11.6 Å². The minimum atomic E-state index is -0.566. The zero-order valence-corrected chi connectivity index (χ0v) is 16.2. The van der Waals surface area contributed by atoms with Crippen molar-refractivity contribution in [1.29, 1.82) is 0 Å². The van der Waals surface area contributed by atoms with Crippen LogP contribution in [0.1, 0.15) is 76.9 Å². The Kier molecular flexibility index (Phi) is 5.77. The summed E-state index contributed by atoms with van der Waals surface area (Å²) < 4.78 is 0. The zero-order chi connectivity index (χ0) is 21.1. The number of rotatable bonds is 6. The topological polar surface area (TPSA) is 113 Å². The van der Waals surface area contributed by atoms with Crippen molar-refractivity contribution in [2.24, 2.45) is 5.16 Å². The molecule has 0 saturated carbocycles. The molecule has 0 heterocycles. The van der Waals surface area contributed by atoms with E-state index in [1.54, 1.807) is 12.1 Å². The van der Waals surface area contributed by atoms with Crippen LogP contribution < -0.4 is 0 Å². The van der Waals surface area contributed by atoms with Gasteiger partial charge in [-0.1, -0.05) is 49.7 Å². The van der Waals surface area contributed by atoms with E-state index in [2.05, 4.69) is 5.16 Å². The summed E-state index contributed by atoms with van der Waals surface area (Å²) in [6, 6.07) is 7.41. The Bertz CT molecular complexity index is 1040. The first-order chi connectivity index (χ1) is 13.9. The van der Waals surface area contributed by atoms with Gasteiger partial charge in [0.25, 0.3) is 0 Å². The van der Waals surface area contributed by atoms with Gasteiger partial charge in [-0.05, 0) is 18.9 Å². The molecule has 7 heteroatoms. The van der Waals surface area contributed by atoms with Crippen LogP contribution in [-0.4, -0.2) is 33.5 Å². The van der Waals surface area contributed by atoms with Gasteiger partial charge in [-0.3, -0.25) is 9.59 Å². The van der Waals surface area contributed by atoms with Crippen molar-refractivity contribution in [1.82, 2.24) is 0 Å². The second-order valence-corrected chi connectivity index (χ2v) is 6.75. The molecular weight excluding hydrogens is 374 g/mol. The van der Waals surface area contributed by atoms with E-state index in [1.165, 1.54) is 18.2 Å². The average molecular weight is 395 g/mol. The second-order valence-electron chi connectivity index (χ2n) is 6.75. The standard InChI is InChI=1S/C22H21NO6/c1-3-7-15(23-29-17(25)8-4-2)14-11-16(24)18-19(22(14)28)21(27)13-10-6-5-9-12(13)20(18)26/h5-6,9-11,24,28H,3-4,7-8H2,1-2H3/b23-15+. The van der Waals surface area contributed by atoms with Crippen LogP contribution in [0.15, 0.2) is 35.5 Å². The second kappa shape index (κ2) is 8.26. The maximum Gasteiger partial charge on any atom is 0.335 e. The van der Waals surface area contributed by atoms with Gasteiger partial charge in [0, 0.05) is 23.1 Å². The van der Waals surface area contributed by atoms with E-state index in [4.69, 9.17) is 4.84 Å². The van der Waals surface area contributed by atoms with Gasteiger partial charge in [0.05, 0.1) is 16.8 Å². The fourth-order valence-electron chi connectivity index (χ4n) is 3.30. The minimum absolute atomic E-state index is 0.0490. The molecule has 3 rings (SSSR count). The summed E-state index contributed by atoms with van der Waals surface area (Å²) in [5.41, 5.74) is 0.0596. The summed E-state index contributed by atoms with van der Waals surface area (Å²) in [7, 11) is 0. The van der Waals surface area contributed by atoms with E-state index < -0.39 is 29.0 Å². The molecule has 0 spiro atoms. The zero-order valence-electron chi connectivity index (χ0n) is 16.2. The number of hydrogen-bond acceptors (Lipinski definition) is 7. The van der Waals surface area contributed by atoms with Gasteiger partial charge < -0.3 is 15.1 Å². The SMILES string of the molecule is CCCC(=O)O/N=C(\CCC)c1cc(O)c2c(c1O)C(=O)c1ccccc1C2=O. The summed E-state index contributed by atoms with van der Waals surface area (Å²) in [5, 5.41) is 25.2. The number of carbonyl (C=O) groups is 3. The van der Waals surface area contributed by atoms with E-state index in [1.807, 2.05) is 13.8 Å². The summed E-state index contributed by atoms with van der Waals surface area (Å²) in [4.78, 5) is 42.3. The molecule has 0 saturated heterocycles. The summed E-state index contributed by atoms with van der Waals surface area (Å²) in [5.74, 6) is -2.54. The van der Waals surface area contributed by atoms with Crippen molar-refractivity contribution in [3.8, 4) is 11.5 Å². The Morgan fingerprint density at radius 1 is 0.966 bits per heavy atom. The lowest BCUT2D eigenvalue weighted by atomic mass is 9.81. The number of ketones is 2. The first-order valence-corrected chi connectivity index (χ1v) is 9.45. The number of benzene rings is 2. The molecule has 0 unspecified atom stereocenters. The van der Waals surface area contributed by atoms with Crippen LogP contribution in [0.3, 0.4) is 0 Å². The number of phenols is 2. The van der Waals surface area contributed by atoms with Crippen molar-refractivity contribution in [2.75, 3.05) is 0 Å². The number of hydrogen-bond donors (Lipinski definition) is 2. The lowest BCUT2D eigenvalue weighted by Gasteiger charge is -2.21. The van der Waals surface area contributed by atoms with Crippen molar-refractivity contribution in [2.45, 2.75) is 39.5 Å². The molecule has 0 atom stereocenters. The van der Waals surface area contributed by atoms with Crippen LogP contribution in [0.2, 0.25) is 0 Å². The number of fused-ring (bicyclic) bond motifs is 2. The lowest BCUT2D eigenvalue weighted by molar-refractivity contribution is -0.143. The summed E-state index contributed by atoms with van der Waals surface area (Å²) >= 11 is 0. The largest absolute Gasteiger partial charge is 0.507 e. The van der Waals surface area contributed by atoms with Crippen molar-refractivity contribution in [3.63, 3.8) is 0 Å². The molecule has 7 nitrogen and oxygen atoms in total. The van der Waals surface area contributed by atoms with Crippen LogP contribution in [0, 0.1) is 0 Å². The molecule has 0 radical (unpaired) electrons. The maximum absolute atomic E-state index is 13.0. The van der Waals surface area contributed by atoms with Crippen molar-refractivity contribution in [3.05, 3.63) is 58.1 Å². The smallest absolute Gasteiger partial charge is 0.335 e. The van der Waals surface area contributed by atoms with Crippen LogP contribution >= 0.6 is 0 Å². The first kappa shape index (κ1) is 20.3. The number of phenolic OH excluding ortho intramolecular Hbond substituents is 2. The Labute approximate surface area is 167 Å². The van der Waals surface area contributed by atoms with Gasteiger partial charge in [-0.25, -0.2) is 4.79 Å². The molecular formula is C22H21NO6. The normalized spacial score (nSPS) is 13.1. The molecule has 0 aromatic heterocycles. The molecule has 0 aliphatic heterocycles. The molecule has 0 bridgehead atoms. The maximum atomic E-state index is 13.0. The van der Waals surface area contributed by atoms with Gasteiger partial charge >= 0.3 is 5.97 Å². The van der Waals surface area contributed by atoms with Gasteiger partial charge in [-0.2, -0.15) is 0 Å². The predicted molar refractivity (Wildman–Crippen MR) is 106 cm³/mol. The highest BCUT2D eigenvalue weighted by Crippen LogP contribution is 2.40.